The summed E-state index contributed by atoms with van der Waals surface area (Å²) in [6, 6.07) is 20.5. The van der Waals surface area contributed by atoms with Gasteiger partial charge in [-0.3, -0.25) is 14.4 Å². The number of benzene rings is 3. The molecule has 2 N–H and O–H groups in total. The highest BCUT2D eigenvalue weighted by Gasteiger charge is 2.10. The Labute approximate surface area is 175 Å². The third-order valence-electron chi connectivity index (χ3n) is 4.72. The zero-order chi connectivity index (χ0) is 21.5. The molecule has 0 fully saturated rings. The molecule has 0 spiro atoms. The van der Waals surface area contributed by atoms with Gasteiger partial charge in [-0.15, -0.1) is 0 Å². The molecule has 154 valence electrons. The third-order valence-corrected chi connectivity index (χ3v) is 4.72. The number of nitrogens with one attached hydrogen (secondary N) is 2. The summed E-state index contributed by atoms with van der Waals surface area (Å²) < 4.78 is 0. The second kappa shape index (κ2) is 9.69. The molecular weight excluding hydrogens is 378 g/mol. The normalized spacial score (nSPS) is 10.5. The van der Waals surface area contributed by atoms with E-state index in [1.165, 1.54) is 4.90 Å². The topological polar surface area (TPSA) is 78.5 Å². The van der Waals surface area contributed by atoms with Crippen LogP contribution in [0, 0.1) is 0 Å². The standard InChI is InChI=1S/C24H25N3O3/c1-27(2)24(30)21-9-5-6-17(14-21)16-26-22(28)12-13-25-23(29)20-11-10-18-7-3-4-8-19(18)15-20/h3-11,14-15H,12-13,16H2,1-2H3,(H,25,29)(H,26,28). The second-order valence-corrected chi connectivity index (χ2v) is 7.24. The first-order chi connectivity index (χ1) is 14.4. The van der Waals surface area contributed by atoms with Crippen molar-refractivity contribution in [3.8, 4) is 0 Å². The average molecular weight is 403 g/mol. The Balaban J connectivity index is 1.46. The second-order valence-electron chi connectivity index (χ2n) is 7.24. The maximum Gasteiger partial charge on any atom is 0.253 e. The van der Waals surface area contributed by atoms with Crippen molar-refractivity contribution in [1.82, 2.24) is 15.5 Å². The smallest absolute Gasteiger partial charge is 0.253 e. The minimum absolute atomic E-state index is 0.0837. The summed E-state index contributed by atoms with van der Waals surface area (Å²) in [5, 5.41) is 7.67. The minimum Gasteiger partial charge on any atom is -0.352 e. The monoisotopic (exact) mass is 403 g/mol. The van der Waals surface area contributed by atoms with Gasteiger partial charge in [0.2, 0.25) is 5.91 Å². The van der Waals surface area contributed by atoms with Crippen molar-refractivity contribution in [3.63, 3.8) is 0 Å². The maximum atomic E-state index is 12.3. The molecule has 3 amide bonds. The highest BCUT2D eigenvalue weighted by Crippen LogP contribution is 2.15. The number of nitrogens with zero attached hydrogens (tertiary/aromatic N) is 1. The van der Waals surface area contributed by atoms with Crippen LogP contribution >= 0.6 is 0 Å². The Morgan fingerprint density at radius 1 is 0.800 bits per heavy atom. The van der Waals surface area contributed by atoms with Gasteiger partial charge >= 0.3 is 0 Å². The molecule has 3 rings (SSSR count). The fraction of sp³-hybridized carbons (Fsp3) is 0.208. The molecule has 0 aliphatic carbocycles. The highest BCUT2D eigenvalue weighted by atomic mass is 16.2. The first-order valence-corrected chi connectivity index (χ1v) is 9.78. The van der Waals surface area contributed by atoms with Crippen LogP contribution in [-0.2, 0) is 11.3 Å². The number of hydrogen-bond donors (Lipinski definition) is 2. The van der Waals surface area contributed by atoms with Gasteiger partial charge in [0.25, 0.3) is 11.8 Å². The lowest BCUT2D eigenvalue weighted by molar-refractivity contribution is -0.121. The summed E-state index contributed by atoms with van der Waals surface area (Å²) in [6.07, 6.45) is 0.176. The molecule has 0 unspecified atom stereocenters. The Hall–Kier alpha value is -3.67. The van der Waals surface area contributed by atoms with Crippen LogP contribution in [0.5, 0.6) is 0 Å². The van der Waals surface area contributed by atoms with E-state index in [0.29, 0.717) is 17.7 Å². The van der Waals surface area contributed by atoms with E-state index in [-0.39, 0.29) is 30.7 Å². The molecule has 0 heterocycles. The van der Waals surface area contributed by atoms with E-state index >= 15 is 0 Å². The fourth-order valence-corrected chi connectivity index (χ4v) is 3.08. The number of carbonyl (C=O) groups excluding carboxylic acids is 3. The van der Waals surface area contributed by atoms with Crippen LogP contribution in [0.4, 0.5) is 0 Å². The lowest BCUT2D eigenvalue weighted by atomic mass is 10.1. The van der Waals surface area contributed by atoms with Gasteiger partial charge in [0.15, 0.2) is 0 Å². The van der Waals surface area contributed by atoms with Crippen molar-refractivity contribution in [1.29, 1.82) is 0 Å². The van der Waals surface area contributed by atoms with Crippen molar-refractivity contribution in [3.05, 3.63) is 83.4 Å². The number of amides is 3. The Kier molecular flexibility index (Phi) is 6.80. The molecule has 0 saturated heterocycles. The first kappa shape index (κ1) is 21.0. The molecule has 0 saturated carbocycles. The summed E-state index contributed by atoms with van der Waals surface area (Å²) in [4.78, 5) is 38.0. The van der Waals surface area contributed by atoms with Gasteiger partial charge < -0.3 is 15.5 Å². The quantitative estimate of drug-likeness (QED) is 0.637. The summed E-state index contributed by atoms with van der Waals surface area (Å²) in [6.45, 7) is 0.572. The molecule has 0 atom stereocenters. The molecule has 6 heteroatoms. The van der Waals surface area contributed by atoms with E-state index in [4.69, 9.17) is 0 Å². The summed E-state index contributed by atoms with van der Waals surface area (Å²) in [5.41, 5.74) is 1.99. The van der Waals surface area contributed by atoms with Crippen molar-refractivity contribution in [2.45, 2.75) is 13.0 Å². The summed E-state index contributed by atoms with van der Waals surface area (Å²) >= 11 is 0. The predicted octanol–water partition coefficient (Wildman–Crippen LogP) is 2.98. The molecule has 3 aromatic carbocycles. The zero-order valence-electron chi connectivity index (χ0n) is 17.1. The van der Waals surface area contributed by atoms with Crippen molar-refractivity contribution < 1.29 is 14.4 Å². The molecule has 30 heavy (non-hydrogen) atoms. The van der Waals surface area contributed by atoms with Crippen molar-refractivity contribution in [2.24, 2.45) is 0 Å². The van der Waals surface area contributed by atoms with Crippen LogP contribution < -0.4 is 10.6 Å². The molecule has 6 nitrogen and oxygen atoms in total. The number of carbonyl (C=O) groups is 3. The van der Waals surface area contributed by atoms with E-state index in [2.05, 4.69) is 10.6 Å². The Morgan fingerprint density at radius 3 is 2.33 bits per heavy atom. The van der Waals surface area contributed by atoms with E-state index in [1.54, 1.807) is 38.4 Å². The number of fused-ring (bicyclic) bond motifs is 1. The summed E-state index contributed by atoms with van der Waals surface area (Å²) in [5.74, 6) is -0.457. The van der Waals surface area contributed by atoms with Crippen LogP contribution in [0.3, 0.4) is 0 Å². The highest BCUT2D eigenvalue weighted by molar-refractivity contribution is 5.98. The maximum absolute atomic E-state index is 12.3. The lowest BCUT2D eigenvalue weighted by Gasteiger charge is -2.11. The number of hydrogen-bond acceptors (Lipinski definition) is 3. The van der Waals surface area contributed by atoms with E-state index < -0.39 is 0 Å². The predicted molar refractivity (Wildman–Crippen MR) is 117 cm³/mol. The van der Waals surface area contributed by atoms with Crippen LogP contribution in [0.15, 0.2) is 66.7 Å². The van der Waals surface area contributed by atoms with Gasteiger partial charge in [0.05, 0.1) is 0 Å². The van der Waals surface area contributed by atoms with E-state index in [9.17, 15) is 14.4 Å². The SMILES string of the molecule is CN(C)C(=O)c1cccc(CNC(=O)CCNC(=O)c2ccc3ccccc3c2)c1. The number of rotatable bonds is 7. The molecule has 0 aliphatic rings. The molecule has 0 bridgehead atoms. The zero-order valence-corrected chi connectivity index (χ0v) is 17.1. The van der Waals surface area contributed by atoms with Gasteiger partial charge in [0.1, 0.15) is 0 Å². The van der Waals surface area contributed by atoms with Gasteiger partial charge in [0, 0.05) is 44.7 Å². The molecule has 0 aliphatic heterocycles. The van der Waals surface area contributed by atoms with Crippen LogP contribution in [0.25, 0.3) is 10.8 Å². The molecular formula is C24H25N3O3. The average Bonchev–Trinajstić information content (AvgIpc) is 2.76. The van der Waals surface area contributed by atoms with Gasteiger partial charge in [-0.25, -0.2) is 0 Å². The lowest BCUT2D eigenvalue weighted by Crippen LogP contribution is -2.30. The van der Waals surface area contributed by atoms with Crippen LogP contribution in [-0.4, -0.2) is 43.3 Å². The van der Waals surface area contributed by atoms with E-state index in [0.717, 1.165) is 16.3 Å². The Morgan fingerprint density at radius 2 is 1.57 bits per heavy atom. The van der Waals surface area contributed by atoms with Crippen molar-refractivity contribution >= 4 is 28.5 Å². The molecule has 0 radical (unpaired) electrons. The molecule has 0 aromatic heterocycles. The van der Waals surface area contributed by atoms with Crippen LogP contribution in [0.1, 0.15) is 32.7 Å². The largest absolute Gasteiger partial charge is 0.352 e. The van der Waals surface area contributed by atoms with Crippen LogP contribution in [0.2, 0.25) is 0 Å². The fourth-order valence-electron chi connectivity index (χ4n) is 3.08. The Bertz CT molecular complexity index is 1080. The third kappa shape index (κ3) is 5.44. The van der Waals surface area contributed by atoms with Gasteiger partial charge in [-0.1, -0.05) is 42.5 Å². The van der Waals surface area contributed by atoms with E-state index in [1.807, 2.05) is 42.5 Å². The minimum atomic E-state index is -0.205. The van der Waals surface area contributed by atoms with Crippen molar-refractivity contribution in [2.75, 3.05) is 20.6 Å². The van der Waals surface area contributed by atoms with Gasteiger partial charge in [-0.2, -0.15) is 0 Å². The summed E-state index contributed by atoms with van der Waals surface area (Å²) in [7, 11) is 3.39. The first-order valence-electron chi connectivity index (χ1n) is 9.78. The molecule has 3 aromatic rings. The van der Waals surface area contributed by atoms with Gasteiger partial charge in [-0.05, 0) is 40.6 Å².